The molecule has 0 radical (unpaired) electrons. The maximum atomic E-state index is 10.3. The van der Waals surface area contributed by atoms with Gasteiger partial charge in [-0.25, -0.2) is 4.79 Å². The average Bonchev–Trinajstić information content (AvgIpc) is 2.26. The zero-order valence-corrected chi connectivity index (χ0v) is 7.88. The first kappa shape index (κ1) is 9.45. The molecule has 2 rings (SSSR count). The molecule has 0 bridgehead atoms. The van der Waals surface area contributed by atoms with Gasteiger partial charge < -0.3 is 9.84 Å². The van der Waals surface area contributed by atoms with Crippen molar-refractivity contribution >= 4 is 16.9 Å². The Bertz CT molecular complexity index is 496. The third-order valence-electron chi connectivity index (χ3n) is 1.93. The summed E-state index contributed by atoms with van der Waals surface area (Å²) in [6.45, 7) is -0.347. The highest BCUT2D eigenvalue weighted by Gasteiger charge is 2.00. The Balaban J connectivity index is 2.26. The monoisotopic (exact) mass is 203 g/mol. The molecule has 4 nitrogen and oxygen atoms in total. The molecular weight excluding hydrogens is 194 g/mol. The third-order valence-corrected chi connectivity index (χ3v) is 1.93. The normalized spacial score (nSPS) is 10.1. The van der Waals surface area contributed by atoms with E-state index in [2.05, 4.69) is 4.98 Å². The third kappa shape index (κ3) is 2.22. The first-order chi connectivity index (χ1) is 7.25. The second kappa shape index (κ2) is 3.96. The molecular formula is C11H9NO3. The number of carboxylic acid groups (broad SMARTS) is 1. The quantitative estimate of drug-likeness (QED) is 0.824. The van der Waals surface area contributed by atoms with Gasteiger partial charge in [-0.2, -0.15) is 0 Å². The number of nitrogens with zero attached hydrogens (tertiary/aromatic N) is 1. The number of aromatic nitrogens is 1. The van der Waals surface area contributed by atoms with Gasteiger partial charge in [0.05, 0.1) is 11.7 Å². The number of ether oxygens (including phenoxy) is 1. The lowest BCUT2D eigenvalue weighted by molar-refractivity contribution is -0.139. The lowest BCUT2D eigenvalue weighted by Gasteiger charge is -2.03. The maximum absolute atomic E-state index is 10.3. The van der Waals surface area contributed by atoms with Gasteiger partial charge in [0.15, 0.2) is 6.61 Å². The first-order valence-corrected chi connectivity index (χ1v) is 4.45. The Labute approximate surface area is 86.1 Å². The standard InChI is InChI=1S/C11H9NO3/c13-11(14)7-15-9-5-8-3-1-2-4-10(8)12-6-9/h1-6H,7H2,(H,13,14). The lowest BCUT2D eigenvalue weighted by Crippen LogP contribution is -2.09. The summed E-state index contributed by atoms with van der Waals surface area (Å²) in [4.78, 5) is 14.4. The Morgan fingerprint density at radius 2 is 2.20 bits per heavy atom. The van der Waals surface area contributed by atoms with Crippen LogP contribution in [0.15, 0.2) is 36.5 Å². The van der Waals surface area contributed by atoms with Crippen LogP contribution in [0.1, 0.15) is 0 Å². The van der Waals surface area contributed by atoms with Crippen molar-refractivity contribution in [3.63, 3.8) is 0 Å². The van der Waals surface area contributed by atoms with Gasteiger partial charge in [0, 0.05) is 5.39 Å². The molecule has 1 N–H and O–H groups in total. The number of aliphatic carboxylic acids is 1. The molecule has 0 amide bonds. The summed E-state index contributed by atoms with van der Waals surface area (Å²) in [7, 11) is 0. The highest BCUT2D eigenvalue weighted by Crippen LogP contribution is 2.17. The zero-order valence-electron chi connectivity index (χ0n) is 7.88. The Kier molecular flexibility index (Phi) is 2.49. The fourth-order valence-electron chi connectivity index (χ4n) is 1.27. The summed E-state index contributed by atoms with van der Waals surface area (Å²) in [5, 5.41) is 9.37. The molecule has 2 aromatic rings. The predicted molar refractivity (Wildman–Crippen MR) is 54.9 cm³/mol. The number of para-hydroxylation sites is 1. The van der Waals surface area contributed by atoms with Crippen molar-refractivity contribution in [2.24, 2.45) is 0 Å². The van der Waals surface area contributed by atoms with Crippen molar-refractivity contribution in [2.75, 3.05) is 6.61 Å². The van der Waals surface area contributed by atoms with Gasteiger partial charge in [-0.15, -0.1) is 0 Å². The van der Waals surface area contributed by atoms with Gasteiger partial charge in [-0.1, -0.05) is 18.2 Å². The van der Waals surface area contributed by atoms with Crippen LogP contribution in [0.4, 0.5) is 0 Å². The van der Waals surface area contributed by atoms with Crippen LogP contribution >= 0.6 is 0 Å². The molecule has 4 heteroatoms. The van der Waals surface area contributed by atoms with Gasteiger partial charge in [0.1, 0.15) is 5.75 Å². The first-order valence-electron chi connectivity index (χ1n) is 4.45. The largest absolute Gasteiger partial charge is 0.480 e. The van der Waals surface area contributed by atoms with Crippen LogP contribution < -0.4 is 4.74 Å². The van der Waals surface area contributed by atoms with Crippen molar-refractivity contribution in [3.05, 3.63) is 36.5 Å². The minimum Gasteiger partial charge on any atom is -0.480 e. The van der Waals surface area contributed by atoms with E-state index in [0.29, 0.717) is 5.75 Å². The van der Waals surface area contributed by atoms with E-state index in [9.17, 15) is 4.79 Å². The van der Waals surface area contributed by atoms with Crippen LogP contribution in [0.2, 0.25) is 0 Å². The summed E-state index contributed by atoms with van der Waals surface area (Å²) in [5.74, 6) is -0.528. The molecule has 0 saturated carbocycles. The summed E-state index contributed by atoms with van der Waals surface area (Å²) in [6.07, 6.45) is 1.52. The second-order valence-electron chi connectivity index (χ2n) is 3.05. The van der Waals surface area contributed by atoms with Gasteiger partial charge >= 0.3 is 5.97 Å². The summed E-state index contributed by atoms with van der Waals surface area (Å²) >= 11 is 0. The van der Waals surface area contributed by atoms with Gasteiger partial charge in [-0.3, -0.25) is 4.98 Å². The lowest BCUT2D eigenvalue weighted by atomic mass is 10.2. The SMILES string of the molecule is O=C(O)COc1cnc2ccccc2c1. The number of carboxylic acids is 1. The molecule has 15 heavy (non-hydrogen) atoms. The minimum atomic E-state index is -0.997. The van der Waals surface area contributed by atoms with Crippen LogP contribution in [0, 0.1) is 0 Å². The Morgan fingerprint density at radius 1 is 1.40 bits per heavy atom. The molecule has 0 unspecified atom stereocenters. The van der Waals surface area contributed by atoms with Crippen molar-refractivity contribution in [2.45, 2.75) is 0 Å². The smallest absolute Gasteiger partial charge is 0.341 e. The molecule has 0 aliphatic rings. The predicted octanol–water partition coefficient (Wildman–Crippen LogP) is 1.70. The summed E-state index contributed by atoms with van der Waals surface area (Å²) < 4.78 is 5.01. The van der Waals surface area contributed by atoms with Crippen LogP contribution in [0.5, 0.6) is 5.75 Å². The van der Waals surface area contributed by atoms with E-state index in [4.69, 9.17) is 9.84 Å². The van der Waals surface area contributed by atoms with E-state index in [1.807, 2.05) is 24.3 Å². The van der Waals surface area contributed by atoms with E-state index in [0.717, 1.165) is 10.9 Å². The van der Waals surface area contributed by atoms with E-state index in [-0.39, 0.29) is 6.61 Å². The molecule has 1 aromatic heterocycles. The number of carbonyl (C=O) groups is 1. The molecule has 0 spiro atoms. The van der Waals surface area contributed by atoms with Crippen LogP contribution in [0.3, 0.4) is 0 Å². The highest BCUT2D eigenvalue weighted by atomic mass is 16.5. The van der Waals surface area contributed by atoms with Crippen molar-refractivity contribution in [3.8, 4) is 5.75 Å². The van der Waals surface area contributed by atoms with Crippen LogP contribution in [-0.2, 0) is 4.79 Å². The Morgan fingerprint density at radius 3 is 3.00 bits per heavy atom. The number of hydrogen-bond acceptors (Lipinski definition) is 3. The number of pyridine rings is 1. The second-order valence-corrected chi connectivity index (χ2v) is 3.05. The van der Waals surface area contributed by atoms with Crippen molar-refractivity contribution in [1.29, 1.82) is 0 Å². The molecule has 1 heterocycles. The topological polar surface area (TPSA) is 59.4 Å². The van der Waals surface area contributed by atoms with Crippen LogP contribution in [-0.4, -0.2) is 22.7 Å². The molecule has 0 atom stereocenters. The fourth-order valence-corrected chi connectivity index (χ4v) is 1.27. The molecule has 0 fully saturated rings. The number of hydrogen-bond donors (Lipinski definition) is 1. The average molecular weight is 203 g/mol. The van der Waals surface area contributed by atoms with Gasteiger partial charge in [-0.05, 0) is 12.1 Å². The summed E-state index contributed by atoms with van der Waals surface area (Å²) in [5.41, 5.74) is 0.861. The maximum Gasteiger partial charge on any atom is 0.341 e. The van der Waals surface area contributed by atoms with E-state index in [1.165, 1.54) is 6.20 Å². The highest BCUT2D eigenvalue weighted by molar-refractivity contribution is 5.79. The van der Waals surface area contributed by atoms with E-state index < -0.39 is 5.97 Å². The van der Waals surface area contributed by atoms with Crippen molar-refractivity contribution in [1.82, 2.24) is 4.98 Å². The van der Waals surface area contributed by atoms with Gasteiger partial charge in [0.25, 0.3) is 0 Å². The number of benzene rings is 1. The fraction of sp³-hybridized carbons (Fsp3) is 0.0909. The summed E-state index contributed by atoms with van der Waals surface area (Å²) in [6, 6.07) is 9.34. The zero-order chi connectivity index (χ0) is 10.7. The minimum absolute atomic E-state index is 0.347. The van der Waals surface area contributed by atoms with E-state index >= 15 is 0 Å². The van der Waals surface area contributed by atoms with E-state index in [1.54, 1.807) is 6.07 Å². The molecule has 76 valence electrons. The molecule has 0 aliphatic carbocycles. The molecule has 1 aromatic carbocycles. The van der Waals surface area contributed by atoms with Gasteiger partial charge in [0.2, 0.25) is 0 Å². The van der Waals surface area contributed by atoms with Crippen LogP contribution in [0.25, 0.3) is 10.9 Å². The Hall–Kier alpha value is -2.10. The van der Waals surface area contributed by atoms with Crippen molar-refractivity contribution < 1.29 is 14.6 Å². The molecule has 0 aliphatic heterocycles. The number of rotatable bonds is 3. The molecule has 0 saturated heterocycles. The number of fused-ring (bicyclic) bond motifs is 1.